The molecule has 0 atom stereocenters. The maximum Gasteiger partial charge on any atom is 0.329 e. The molecule has 0 aliphatic carbocycles. The number of carbonyl (C=O) groups is 1. The van der Waals surface area contributed by atoms with Crippen LogP contribution in [0.2, 0.25) is 0 Å². The van der Waals surface area contributed by atoms with Gasteiger partial charge >= 0.3 is 5.97 Å². The van der Waals surface area contributed by atoms with E-state index in [1.165, 1.54) is 4.31 Å². The summed E-state index contributed by atoms with van der Waals surface area (Å²) in [7, 11) is -6.91. The maximum absolute atomic E-state index is 11.9. The Morgan fingerprint density at radius 2 is 1.75 bits per heavy atom. The average Bonchev–Trinajstić information content (AvgIpc) is 2.34. The van der Waals surface area contributed by atoms with E-state index >= 15 is 0 Å². The van der Waals surface area contributed by atoms with Crippen molar-refractivity contribution in [3.63, 3.8) is 0 Å². The zero-order valence-corrected chi connectivity index (χ0v) is 12.8. The lowest BCUT2D eigenvalue weighted by Gasteiger charge is -2.30. The first-order chi connectivity index (χ1) is 9.10. The van der Waals surface area contributed by atoms with E-state index < -0.39 is 43.9 Å². The van der Waals surface area contributed by atoms with Crippen LogP contribution in [-0.4, -0.2) is 75.8 Å². The second kappa shape index (κ2) is 6.83. The van der Waals surface area contributed by atoms with Crippen molar-refractivity contribution in [2.24, 2.45) is 0 Å². The van der Waals surface area contributed by atoms with E-state index in [-0.39, 0.29) is 19.2 Å². The average molecular weight is 329 g/mol. The Hall–Kier alpha value is -0.710. The molecule has 20 heavy (non-hydrogen) atoms. The molecule has 1 aliphatic rings. The number of rotatable bonds is 7. The van der Waals surface area contributed by atoms with Crippen LogP contribution in [0.1, 0.15) is 12.8 Å². The summed E-state index contributed by atoms with van der Waals surface area (Å²) in [6.07, 6.45) is 1.54. The van der Waals surface area contributed by atoms with E-state index in [2.05, 4.69) is 0 Å². The summed E-state index contributed by atoms with van der Waals surface area (Å²) in [5.41, 5.74) is 0. The summed E-state index contributed by atoms with van der Waals surface area (Å²) in [6, 6.07) is 0. The third kappa shape index (κ3) is 6.16. The summed E-state index contributed by atoms with van der Waals surface area (Å²) in [5.74, 6) is -1.88. The zero-order valence-electron chi connectivity index (χ0n) is 11.2. The number of hydrogen-bond donors (Lipinski definition) is 1. The van der Waals surface area contributed by atoms with E-state index in [0.717, 1.165) is 6.26 Å². The van der Waals surface area contributed by atoms with Crippen molar-refractivity contribution < 1.29 is 31.5 Å². The molecular weight excluding hydrogens is 310 g/mol. The lowest BCUT2D eigenvalue weighted by Crippen LogP contribution is -2.43. The third-order valence-electron chi connectivity index (χ3n) is 2.95. The molecule has 0 bridgehead atoms. The van der Waals surface area contributed by atoms with Gasteiger partial charge in [-0.1, -0.05) is 0 Å². The number of carboxylic acid groups (broad SMARTS) is 1. The van der Waals surface area contributed by atoms with Crippen LogP contribution in [0.25, 0.3) is 0 Å². The first kappa shape index (κ1) is 17.3. The Morgan fingerprint density at radius 1 is 1.20 bits per heavy atom. The van der Waals surface area contributed by atoms with E-state index in [0.29, 0.717) is 12.8 Å². The zero-order chi connectivity index (χ0) is 15.4. The van der Waals surface area contributed by atoms with E-state index in [9.17, 15) is 21.6 Å². The normalized spacial score (nSPS) is 19.1. The molecule has 1 aliphatic heterocycles. The summed E-state index contributed by atoms with van der Waals surface area (Å²) in [6.45, 7) is 0.0399. The second-order valence-corrected chi connectivity index (χ2v) is 9.10. The molecule has 0 aromatic carbocycles. The monoisotopic (exact) mass is 329 g/mol. The van der Waals surface area contributed by atoms with Crippen molar-refractivity contribution in [3.8, 4) is 0 Å². The number of nitrogens with zero attached hydrogens (tertiary/aromatic N) is 1. The Kier molecular flexibility index (Phi) is 5.92. The summed E-state index contributed by atoms with van der Waals surface area (Å²) < 4.78 is 52.2. The molecule has 10 heteroatoms. The molecule has 0 unspecified atom stereocenters. The van der Waals surface area contributed by atoms with Gasteiger partial charge in [0.15, 0.2) is 0 Å². The molecule has 0 aromatic heterocycles. The molecular formula is C10H19NO7S2. The number of hydrogen-bond acceptors (Lipinski definition) is 6. The number of carboxylic acids is 1. The fourth-order valence-corrected chi connectivity index (χ4v) is 4.93. The lowest BCUT2D eigenvalue weighted by atomic mass is 10.1. The van der Waals surface area contributed by atoms with Crippen LogP contribution >= 0.6 is 0 Å². The highest BCUT2D eigenvalue weighted by molar-refractivity contribution is 7.93. The number of aliphatic carboxylic acids is 1. The summed E-state index contributed by atoms with van der Waals surface area (Å²) in [4.78, 5) is 10.4. The molecule has 0 saturated carbocycles. The van der Waals surface area contributed by atoms with Gasteiger partial charge in [0, 0.05) is 19.3 Å². The van der Waals surface area contributed by atoms with Gasteiger partial charge in [0.25, 0.3) is 0 Å². The molecule has 0 aromatic rings. The van der Waals surface area contributed by atoms with Crippen LogP contribution < -0.4 is 0 Å². The maximum atomic E-state index is 11.9. The minimum atomic E-state index is -3.59. The highest BCUT2D eigenvalue weighted by Crippen LogP contribution is 2.17. The molecule has 1 fully saturated rings. The van der Waals surface area contributed by atoms with Crippen LogP contribution in [0.3, 0.4) is 0 Å². The Labute approximate surface area is 118 Å². The lowest BCUT2D eigenvalue weighted by molar-refractivity contribution is -0.145. The largest absolute Gasteiger partial charge is 0.480 e. The van der Waals surface area contributed by atoms with E-state index in [1.807, 2.05) is 0 Å². The van der Waals surface area contributed by atoms with Crippen molar-refractivity contribution in [1.82, 2.24) is 4.31 Å². The van der Waals surface area contributed by atoms with Crippen molar-refractivity contribution in [2.45, 2.75) is 18.9 Å². The van der Waals surface area contributed by atoms with Gasteiger partial charge in [-0.3, -0.25) is 0 Å². The van der Waals surface area contributed by atoms with Gasteiger partial charge in [-0.2, -0.15) is 0 Å². The van der Waals surface area contributed by atoms with Crippen LogP contribution in [0.4, 0.5) is 0 Å². The van der Waals surface area contributed by atoms with Gasteiger partial charge in [-0.05, 0) is 12.8 Å². The molecule has 1 saturated heterocycles. The van der Waals surface area contributed by atoms with Gasteiger partial charge in [-0.15, -0.1) is 0 Å². The van der Waals surface area contributed by atoms with Crippen molar-refractivity contribution in [3.05, 3.63) is 0 Å². The number of piperidine rings is 1. The summed E-state index contributed by atoms with van der Waals surface area (Å²) >= 11 is 0. The second-order valence-electron chi connectivity index (χ2n) is 4.75. The number of sulfone groups is 1. The first-order valence-corrected chi connectivity index (χ1v) is 9.76. The molecule has 1 rings (SSSR count). The predicted molar refractivity (Wildman–Crippen MR) is 71.7 cm³/mol. The molecule has 0 radical (unpaired) electrons. The minimum absolute atomic E-state index is 0.219. The molecule has 118 valence electrons. The highest BCUT2D eigenvalue weighted by atomic mass is 32.2. The summed E-state index contributed by atoms with van der Waals surface area (Å²) in [5, 5.41) is 8.48. The van der Waals surface area contributed by atoms with Gasteiger partial charge in [0.1, 0.15) is 16.4 Å². The topological polar surface area (TPSA) is 118 Å². The quantitative estimate of drug-likeness (QED) is 0.631. The Balaban J connectivity index is 2.45. The predicted octanol–water partition coefficient (Wildman–Crippen LogP) is -1.07. The van der Waals surface area contributed by atoms with Crippen LogP contribution in [-0.2, 0) is 29.4 Å². The molecule has 1 N–H and O–H groups in total. The first-order valence-electron chi connectivity index (χ1n) is 6.09. The number of ether oxygens (including phenoxy) is 1. The van der Waals surface area contributed by atoms with Crippen LogP contribution in [0.15, 0.2) is 0 Å². The van der Waals surface area contributed by atoms with Crippen molar-refractivity contribution >= 4 is 25.8 Å². The Bertz CT molecular complexity index is 532. The third-order valence-corrected chi connectivity index (χ3v) is 6.03. The molecule has 8 nitrogen and oxygen atoms in total. The SMILES string of the molecule is CS(=O)(=O)CCS(=O)(=O)N1CCC(OCC(=O)O)CC1. The fraction of sp³-hybridized carbons (Fsp3) is 0.900. The van der Waals surface area contributed by atoms with E-state index in [1.54, 1.807) is 0 Å². The van der Waals surface area contributed by atoms with Gasteiger partial charge in [0.05, 0.1) is 17.6 Å². The fourth-order valence-electron chi connectivity index (χ4n) is 1.85. The standard InChI is InChI=1S/C10H19NO7S2/c1-19(14,15)6-7-20(16,17)11-4-2-9(3-5-11)18-8-10(12)13/h9H,2-8H2,1H3,(H,12,13). The van der Waals surface area contributed by atoms with Crippen molar-refractivity contribution in [1.29, 1.82) is 0 Å². The molecule has 1 heterocycles. The van der Waals surface area contributed by atoms with Gasteiger partial charge in [0.2, 0.25) is 10.0 Å². The number of sulfonamides is 1. The highest BCUT2D eigenvalue weighted by Gasteiger charge is 2.29. The minimum Gasteiger partial charge on any atom is -0.480 e. The molecule has 0 spiro atoms. The van der Waals surface area contributed by atoms with Gasteiger partial charge in [-0.25, -0.2) is 25.9 Å². The van der Waals surface area contributed by atoms with Gasteiger partial charge < -0.3 is 9.84 Å². The van der Waals surface area contributed by atoms with Crippen molar-refractivity contribution in [2.75, 3.05) is 37.5 Å². The van der Waals surface area contributed by atoms with E-state index in [4.69, 9.17) is 9.84 Å². The molecule has 0 amide bonds. The smallest absolute Gasteiger partial charge is 0.329 e. The van der Waals surface area contributed by atoms with Crippen LogP contribution in [0.5, 0.6) is 0 Å². The Morgan fingerprint density at radius 3 is 2.20 bits per heavy atom. The van der Waals surface area contributed by atoms with Crippen LogP contribution in [0, 0.1) is 0 Å².